The summed E-state index contributed by atoms with van der Waals surface area (Å²) in [6.45, 7) is 1.99. The molecule has 7 nitrogen and oxygen atoms in total. The van der Waals surface area contributed by atoms with Crippen LogP contribution < -0.4 is 15.6 Å². The Labute approximate surface area is 163 Å². The molecule has 2 N–H and O–H groups in total. The number of carbonyl (C=O) groups excluding carboxylic acids is 3. The Kier molecular flexibility index (Phi) is 8.26. The minimum atomic E-state index is -0.520. The van der Waals surface area contributed by atoms with Crippen molar-refractivity contribution in [2.45, 2.75) is 13.3 Å². The van der Waals surface area contributed by atoms with E-state index in [-0.39, 0.29) is 6.61 Å². The van der Waals surface area contributed by atoms with Crippen LogP contribution in [-0.4, -0.2) is 31.0 Å². The molecular formula is C21H22N2O5. The van der Waals surface area contributed by atoms with Gasteiger partial charge in [0.05, 0.1) is 12.2 Å². The van der Waals surface area contributed by atoms with Gasteiger partial charge in [0.25, 0.3) is 11.8 Å². The van der Waals surface area contributed by atoms with Gasteiger partial charge in [-0.25, -0.2) is 4.79 Å². The summed E-state index contributed by atoms with van der Waals surface area (Å²) >= 11 is 0. The average Bonchev–Trinajstić information content (AvgIpc) is 2.74. The molecule has 2 rings (SSSR count). The van der Waals surface area contributed by atoms with E-state index in [0.29, 0.717) is 17.9 Å². The summed E-state index contributed by atoms with van der Waals surface area (Å²) in [5.74, 6) is -0.977. The standard InChI is InChI=1S/C21H22N2O5/c1-2-14-27-21(26)17-9-11-18(12-10-17)28-15-20(25)23-22-19(24)13-8-16-6-4-3-5-7-16/h3-13H,2,14-15H2,1H3,(H,22,24)(H,23,25). The van der Waals surface area contributed by atoms with Crippen molar-refractivity contribution < 1.29 is 23.9 Å². The zero-order chi connectivity index (χ0) is 20.2. The van der Waals surface area contributed by atoms with Crippen molar-refractivity contribution in [1.29, 1.82) is 0 Å². The number of ether oxygens (including phenoxy) is 2. The first kappa shape index (κ1) is 20.7. The topological polar surface area (TPSA) is 93.7 Å². The predicted molar refractivity (Wildman–Crippen MR) is 104 cm³/mol. The van der Waals surface area contributed by atoms with Crippen molar-refractivity contribution in [3.63, 3.8) is 0 Å². The normalized spacial score (nSPS) is 10.3. The highest BCUT2D eigenvalue weighted by Gasteiger charge is 2.08. The van der Waals surface area contributed by atoms with Crippen LogP contribution in [0.5, 0.6) is 5.75 Å². The smallest absolute Gasteiger partial charge is 0.338 e. The van der Waals surface area contributed by atoms with E-state index in [1.54, 1.807) is 30.3 Å². The van der Waals surface area contributed by atoms with Crippen molar-refractivity contribution in [3.8, 4) is 5.75 Å². The largest absolute Gasteiger partial charge is 0.484 e. The lowest BCUT2D eigenvalue weighted by Gasteiger charge is -2.08. The molecule has 0 heterocycles. The molecule has 0 radical (unpaired) electrons. The molecule has 146 valence electrons. The molecule has 0 spiro atoms. The molecule has 0 aromatic heterocycles. The first-order valence-corrected chi connectivity index (χ1v) is 8.80. The van der Waals surface area contributed by atoms with Crippen LogP contribution in [0.25, 0.3) is 6.08 Å². The average molecular weight is 382 g/mol. The Hall–Kier alpha value is -3.61. The Balaban J connectivity index is 1.71. The highest BCUT2D eigenvalue weighted by atomic mass is 16.5. The van der Waals surface area contributed by atoms with Crippen molar-refractivity contribution in [3.05, 3.63) is 71.8 Å². The third-order valence-corrected chi connectivity index (χ3v) is 3.45. The molecule has 28 heavy (non-hydrogen) atoms. The van der Waals surface area contributed by atoms with Gasteiger partial charge in [-0.3, -0.25) is 20.4 Å². The summed E-state index contributed by atoms with van der Waals surface area (Å²) in [5, 5.41) is 0. The molecular weight excluding hydrogens is 360 g/mol. The third-order valence-electron chi connectivity index (χ3n) is 3.45. The fourth-order valence-electron chi connectivity index (χ4n) is 2.06. The maximum absolute atomic E-state index is 11.7. The van der Waals surface area contributed by atoms with Crippen LogP contribution in [-0.2, 0) is 14.3 Å². The number of carbonyl (C=O) groups is 3. The summed E-state index contributed by atoms with van der Waals surface area (Å²) in [5.41, 5.74) is 5.79. The lowest BCUT2D eigenvalue weighted by atomic mass is 10.2. The molecule has 0 fully saturated rings. The third kappa shape index (κ3) is 7.33. The van der Waals surface area contributed by atoms with Crippen molar-refractivity contribution in [1.82, 2.24) is 10.9 Å². The summed E-state index contributed by atoms with van der Waals surface area (Å²) < 4.78 is 10.3. The maximum atomic E-state index is 11.7. The second-order valence-electron chi connectivity index (χ2n) is 5.73. The fraction of sp³-hybridized carbons (Fsp3) is 0.190. The van der Waals surface area contributed by atoms with Crippen molar-refractivity contribution in [2.75, 3.05) is 13.2 Å². The van der Waals surface area contributed by atoms with Gasteiger partial charge >= 0.3 is 5.97 Å². The molecule has 0 saturated heterocycles. The highest BCUT2D eigenvalue weighted by molar-refractivity contribution is 5.93. The van der Waals surface area contributed by atoms with E-state index in [0.717, 1.165) is 12.0 Å². The molecule has 2 aromatic rings. The van der Waals surface area contributed by atoms with Gasteiger partial charge < -0.3 is 9.47 Å². The van der Waals surface area contributed by atoms with E-state index in [4.69, 9.17) is 9.47 Å². The quantitative estimate of drug-likeness (QED) is 0.416. The molecule has 7 heteroatoms. The maximum Gasteiger partial charge on any atom is 0.338 e. The summed E-state index contributed by atoms with van der Waals surface area (Å²) in [4.78, 5) is 35.1. The monoisotopic (exact) mass is 382 g/mol. The number of amides is 2. The number of rotatable bonds is 8. The second kappa shape index (κ2) is 11.2. The minimum absolute atomic E-state index is 0.289. The van der Waals surface area contributed by atoms with Gasteiger partial charge in [0.2, 0.25) is 0 Å². The van der Waals surface area contributed by atoms with Gasteiger partial charge in [-0.1, -0.05) is 37.3 Å². The second-order valence-corrected chi connectivity index (χ2v) is 5.73. The van der Waals surface area contributed by atoms with Gasteiger partial charge in [-0.2, -0.15) is 0 Å². The zero-order valence-electron chi connectivity index (χ0n) is 15.5. The van der Waals surface area contributed by atoms with Gasteiger partial charge in [-0.05, 0) is 42.3 Å². The number of esters is 1. The Morgan fingerprint density at radius 3 is 2.36 bits per heavy atom. The van der Waals surface area contributed by atoms with Gasteiger partial charge in [0.1, 0.15) is 5.75 Å². The van der Waals surface area contributed by atoms with Gasteiger partial charge in [0, 0.05) is 6.08 Å². The molecule has 0 aliphatic rings. The first-order valence-electron chi connectivity index (χ1n) is 8.80. The Bertz CT molecular complexity index is 816. The molecule has 0 aliphatic heterocycles. The Morgan fingerprint density at radius 1 is 0.964 bits per heavy atom. The van der Waals surface area contributed by atoms with Gasteiger partial charge in [0.15, 0.2) is 6.61 Å². The Morgan fingerprint density at radius 2 is 1.68 bits per heavy atom. The van der Waals surface area contributed by atoms with Crippen LogP contribution in [0.3, 0.4) is 0 Å². The summed E-state index contributed by atoms with van der Waals surface area (Å²) in [7, 11) is 0. The van der Waals surface area contributed by atoms with Crippen LogP contribution >= 0.6 is 0 Å². The van der Waals surface area contributed by atoms with Crippen LogP contribution in [0, 0.1) is 0 Å². The molecule has 0 saturated carbocycles. The molecule has 2 amide bonds. The van der Waals surface area contributed by atoms with Crippen molar-refractivity contribution >= 4 is 23.9 Å². The van der Waals surface area contributed by atoms with Crippen LogP contribution in [0.2, 0.25) is 0 Å². The lowest BCUT2D eigenvalue weighted by molar-refractivity contribution is -0.128. The molecule has 0 aliphatic carbocycles. The summed E-state index contributed by atoms with van der Waals surface area (Å²) in [6, 6.07) is 15.5. The van der Waals surface area contributed by atoms with E-state index >= 15 is 0 Å². The number of nitrogens with one attached hydrogen (secondary N) is 2. The highest BCUT2D eigenvalue weighted by Crippen LogP contribution is 2.13. The number of hydrogen-bond acceptors (Lipinski definition) is 5. The van der Waals surface area contributed by atoms with Crippen LogP contribution in [0.15, 0.2) is 60.7 Å². The molecule has 0 atom stereocenters. The van der Waals surface area contributed by atoms with Crippen LogP contribution in [0.4, 0.5) is 0 Å². The fourth-order valence-corrected chi connectivity index (χ4v) is 2.06. The minimum Gasteiger partial charge on any atom is -0.484 e. The molecule has 0 bridgehead atoms. The van der Waals surface area contributed by atoms with Crippen molar-refractivity contribution in [2.24, 2.45) is 0 Å². The lowest BCUT2D eigenvalue weighted by Crippen LogP contribution is -2.43. The number of hydrogen-bond donors (Lipinski definition) is 2. The van der Waals surface area contributed by atoms with E-state index in [1.807, 2.05) is 37.3 Å². The zero-order valence-corrected chi connectivity index (χ0v) is 15.5. The predicted octanol–water partition coefficient (Wildman–Crippen LogP) is 2.49. The first-order chi connectivity index (χ1) is 13.6. The van der Waals surface area contributed by atoms with E-state index in [9.17, 15) is 14.4 Å². The molecule has 0 unspecified atom stereocenters. The van der Waals surface area contributed by atoms with Gasteiger partial charge in [-0.15, -0.1) is 0 Å². The van der Waals surface area contributed by atoms with E-state index in [2.05, 4.69) is 10.9 Å². The SMILES string of the molecule is CCCOC(=O)c1ccc(OCC(=O)NNC(=O)C=Cc2ccccc2)cc1. The number of benzene rings is 2. The molecule has 2 aromatic carbocycles. The summed E-state index contributed by atoms with van der Waals surface area (Å²) in [6.07, 6.45) is 3.69. The number of hydrazine groups is 1. The van der Waals surface area contributed by atoms with E-state index in [1.165, 1.54) is 6.08 Å². The van der Waals surface area contributed by atoms with Crippen LogP contribution in [0.1, 0.15) is 29.3 Å². The van der Waals surface area contributed by atoms with E-state index < -0.39 is 17.8 Å².